The van der Waals surface area contributed by atoms with Gasteiger partial charge in [0.1, 0.15) is 0 Å². The normalized spacial score (nSPS) is 15.5. The van der Waals surface area contributed by atoms with Gasteiger partial charge in [-0.05, 0) is 18.1 Å². The molecule has 2 amide bonds. The highest BCUT2D eigenvalue weighted by molar-refractivity contribution is 5.94. The third-order valence-corrected chi connectivity index (χ3v) is 2.82. The quantitative estimate of drug-likeness (QED) is 0.819. The highest BCUT2D eigenvalue weighted by Gasteiger charge is 2.21. The van der Waals surface area contributed by atoms with E-state index in [1.54, 1.807) is 17.0 Å². The Morgan fingerprint density at radius 2 is 2.12 bits per heavy atom. The van der Waals surface area contributed by atoms with Crippen LogP contribution in [0.1, 0.15) is 28.8 Å². The van der Waals surface area contributed by atoms with Crippen LogP contribution >= 0.6 is 0 Å². The van der Waals surface area contributed by atoms with Crippen molar-refractivity contribution in [2.24, 2.45) is 5.73 Å². The molecule has 2 rings (SSSR count). The lowest BCUT2D eigenvalue weighted by atomic mass is 10.1. The summed E-state index contributed by atoms with van der Waals surface area (Å²) in [4.78, 5) is 24.4. The Bertz CT molecular complexity index is 429. The summed E-state index contributed by atoms with van der Waals surface area (Å²) in [5, 5.41) is 0. The zero-order chi connectivity index (χ0) is 11.5. The second-order valence-corrected chi connectivity index (χ2v) is 3.94. The number of rotatable bonds is 3. The zero-order valence-electron chi connectivity index (χ0n) is 8.98. The van der Waals surface area contributed by atoms with Crippen molar-refractivity contribution < 1.29 is 9.59 Å². The van der Waals surface area contributed by atoms with Crippen LogP contribution in [0.5, 0.6) is 0 Å². The van der Waals surface area contributed by atoms with Crippen LogP contribution in [0.4, 0.5) is 0 Å². The summed E-state index contributed by atoms with van der Waals surface area (Å²) in [5.74, 6) is -0.290. The molecular weight excluding hydrogens is 204 g/mol. The van der Waals surface area contributed by atoms with Crippen LogP contribution in [0.15, 0.2) is 24.3 Å². The van der Waals surface area contributed by atoms with Crippen molar-refractivity contribution >= 4 is 11.8 Å². The minimum atomic E-state index is -0.442. The highest BCUT2D eigenvalue weighted by atomic mass is 16.2. The molecule has 0 radical (unpaired) electrons. The van der Waals surface area contributed by atoms with E-state index < -0.39 is 5.91 Å². The van der Waals surface area contributed by atoms with E-state index in [0.717, 1.165) is 18.5 Å². The van der Waals surface area contributed by atoms with Crippen LogP contribution < -0.4 is 5.73 Å². The van der Waals surface area contributed by atoms with Gasteiger partial charge < -0.3 is 10.6 Å². The molecule has 0 aromatic heterocycles. The molecule has 0 atom stereocenters. The van der Waals surface area contributed by atoms with Gasteiger partial charge in [-0.3, -0.25) is 9.59 Å². The van der Waals surface area contributed by atoms with E-state index in [1.165, 1.54) is 0 Å². The molecule has 1 fully saturated rings. The average molecular weight is 218 g/mol. The number of primary amides is 1. The van der Waals surface area contributed by atoms with Gasteiger partial charge in [0, 0.05) is 25.1 Å². The predicted octanol–water partition coefficient (Wildman–Crippen LogP) is 0.908. The summed E-state index contributed by atoms with van der Waals surface area (Å²) in [7, 11) is 0. The zero-order valence-corrected chi connectivity index (χ0v) is 8.98. The summed E-state index contributed by atoms with van der Waals surface area (Å²) >= 11 is 0. The van der Waals surface area contributed by atoms with Gasteiger partial charge in [-0.2, -0.15) is 0 Å². The third kappa shape index (κ3) is 2.05. The number of hydrogen-bond donors (Lipinski definition) is 1. The van der Waals surface area contributed by atoms with Gasteiger partial charge in [-0.15, -0.1) is 0 Å². The SMILES string of the molecule is NC(=O)c1ccccc1CN1CCCC1=O. The summed E-state index contributed by atoms with van der Waals surface area (Å²) in [6, 6.07) is 7.15. The lowest BCUT2D eigenvalue weighted by molar-refractivity contribution is -0.128. The molecule has 0 aliphatic carbocycles. The molecular formula is C12H14N2O2. The van der Waals surface area contributed by atoms with Crippen LogP contribution in [0, 0.1) is 0 Å². The number of likely N-dealkylation sites (tertiary alicyclic amines) is 1. The van der Waals surface area contributed by atoms with Crippen molar-refractivity contribution in [2.75, 3.05) is 6.54 Å². The van der Waals surface area contributed by atoms with Crippen molar-refractivity contribution in [1.82, 2.24) is 4.90 Å². The van der Waals surface area contributed by atoms with Gasteiger partial charge in [0.25, 0.3) is 0 Å². The summed E-state index contributed by atoms with van der Waals surface area (Å²) in [5.41, 5.74) is 6.61. The Morgan fingerprint density at radius 1 is 1.38 bits per heavy atom. The Hall–Kier alpha value is -1.84. The number of amides is 2. The molecule has 84 valence electrons. The maximum atomic E-state index is 11.5. The molecule has 0 unspecified atom stereocenters. The molecule has 0 saturated carbocycles. The Kier molecular flexibility index (Phi) is 2.90. The van der Waals surface area contributed by atoms with Gasteiger partial charge in [-0.25, -0.2) is 0 Å². The molecule has 1 heterocycles. The molecule has 1 aliphatic rings. The van der Waals surface area contributed by atoms with Crippen LogP contribution in [-0.2, 0) is 11.3 Å². The Balaban J connectivity index is 2.20. The molecule has 4 nitrogen and oxygen atoms in total. The first-order valence-corrected chi connectivity index (χ1v) is 5.34. The summed E-state index contributed by atoms with van der Waals surface area (Å²) in [6.07, 6.45) is 1.51. The first-order valence-electron chi connectivity index (χ1n) is 5.34. The second kappa shape index (κ2) is 4.35. The fraction of sp³-hybridized carbons (Fsp3) is 0.333. The maximum absolute atomic E-state index is 11.5. The van der Waals surface area contributed by atoms with E-state index >= 15 is 0 Å². The van der Waals surface area contributed by atoms with E-state index in [0.29, 0.717) is 18.5 Å². The van der Waals surface area contributed by atoms with Crippen LogP contribution in [0.3, 0.4) is 0 Å². The molecule has 1 saturated heterocycles. The van der Waals surface area contributed by atoms with Crippen LogP contribution in [0.25, 0.3) is 0 Å². The molecule has 4 heteroatoms. The smallest absolute Gasteiger partial charge is 0.249 e. The van der Waals surface area contributed by atoms with E-state index in [4.69, 9.17) is 5.73 Å². The van der Waals surface area contributed by atoms with Crippen molar-refractivity contribution in [2.45, 2.75) is 19.4 Å². The maximum Gasteiger partial charge on any atom is 0.249 e. The van der Waals surface area contributed by atoms with Gasteiger partial charge in [0.15, 0.2) is 0 Å². The van der Waals surface area contributed by atoms with E-state index in [-0.39, 0.29) is 5.91 Å². The lowest BCUT2D eigenvalue weighted by Gasteiger charge is -2.16. The molecule has 0 bridgehead atoms. The highest BCUT2D eigenvalue weighted by Crippen LogP contribution is 2.16. The summed E-state index contributed by atoms with van der Waals surface area (Å²) in [6.45, 7) is 1.25. The minimum absolute atomic E-state index is 0.152. The number of carbonyl (C=O) groups excluding carboxylic acids is 2. The topological polar surface area (TPSA) is 63.4 Å². The van der Waals surface area contributed by atoms with Crippen LogP contribution in [-0.4, -0.2) is 23.3 Å². The predicted molar refractivity (Wildman–Crippen MR) is 59.6 cm³/mol. The number of carbonyl (C=O) groups is 2. The molecule has 2 N–H and O–H groups in total. The second-order valence-electron chi connectivity index (χ2n) is 3.94. The van der Waals surface area contributed by atoms with Crippen molar-refractivity contribution in [3.05, 3.63) is 35.4 Å². The molecule has 1 aromatic rings. The largest absolute Gasteiger partial charge is 0.366 e. The van der Waals surface area contributed by atoms with Gasteiger partial charge >= 0.3 is 0 Å². The third-order valence-electron chi connectivity index (χ3n) is 2.82. The average Bonchev–Trinajstić information content (AvgIpc) is 2.65. The number of benzene rings is 1. The van der Waals surface area contributed by atoms with Gasteiger partial charge in [0.05, 0.1) is 0 Å². The monoisotopic (exact) mass is 218 g/mol. The van der Waals surface area contributed by atoms with Gasteiger partial charge in [0.2, 0.25) is 11.8 Å². The van der Waals surface area contributed by atoms with Crippen molar-refractivity contribution in [3.8, 4) is 0 Å². The number of nitrogens with zero attached hydrogens (tertiary/aromatic N) is 1. The Labute approximate surface area is 94.0 Å². The Morgan fingerprint density at radius 3 is 2.75 bits per heavy atom. The molecule has 1 aliphatic heterocycles. The number of nitrogens with two attached hydrogens (primary N) is 1. The number of hydrogen-bond acceptors (Lipinski definition) is 2. The fourth-order valence-corrected chi connectivity index (χ4v) is 1.98. The molecule has 0 spiro atoms. The van der Waals surface area contributed by atoms with Crippen molar-refractivity contribution in [1.29, 1.82) is 0 Å². The molecule has 16 heavy (non-hydrogen) atoms. The van der Waals surface area contributed by atoms with E-state index in [9.17, 15) is 9.59 Å². The van der Waals surface area contributed by atoms with E-state index in [2.05, 4.69) is 0 Å². The first kappa shape index (κ1) is 10.7. The first-order chi connectivity index (χ1) is 7.68. The van der Waals surface area contributed by atoms with Crippen LogP contribution in [0.2, 0.25) is 0 Å². The van der Waals surface area contributed by atoms with Gasteiger partial charge in [-0.1, -0.05) is 18.2 Å². The standard InChI is InChI=1S/C12H14N2O2/c13-12(16)10-5-2-1-4-9(10)8-14-7-3-6-11(14)15/h1-2,4-5H,3,6-8H2,(H2,13,16). The van der Waals surface area contributed by atoms with Crippen molar-refractivity contribution in [3.63, 3.8) is 0 Å². The molecule has 1 aromatic carbocycles. The van der Waals surface area contributed by atoms with E-state index in [1.807, 2.05) is 12.1 Å². The minimum Gasteiger partial charge on any atom is -0.366 e. The summed E-state index contributed by atoms with van der Waals surface area (Å²) < 4.78 is 0. The fourth-order valence-electron chi connectivity index (χ4n) is 1.98. The lowest BCUT2D eigenvalue weighted by Crippen LogP contribution is -2.25.